The zero-order chi connectivity index (χ0) is 13.4. The molecule has 1 N–H and O–H groups in total. The van der Waals surface area contributed by atoms with Crippen LogP contribution in [0, 0.1) is 0 Å². The average Bonchev–Trinajstić information content (AvgIpc) is 2.69. The highest BCUT2D eigenvalue weighted by molar-refractivity contribution is 7.09. The molecule has 0 radical (unpaired) electrons. The molecular weight excluding hydrogens is 291 g/mol. The molecule has 1 amide bonds. The van der Waals surface area contributed by atoms with E-state index in [4.69, 9.17) is 23.2 Å². The smallest absolute Gasteiger partial charge is 0.264 e. The average molecular weight is 309 g/mol. The van der Waals surface area contributed by atoms with Crippen LogP contribution in [0.3, 0.4) is 0 Å². The molecule has 1 heterocycles. The molecular formula is C12H18Cl2N2OS. The van der Waals surface area contributed by atoms with Gasteiger partial charge < -0.3 is 5.32 Å². The van der Waals surface area contributed by atoms with Crippen molar-refractivity contribution < 1.29 is 4.79 Å². The fraction of sp³-hybridized carbons (Fsp3) is 0.667. The van der Waals surface area contributed by atoms with Crippen molar-refractivity contribution in [3.63, 3.8) is 0 Å². The molecule has 0 bridgehead atoms. The second-order valence-electron chi connectivity index (χ2n) is 4.14. The number of amides is 1. The van der Waals surface area contributed by atoms with Crippen LogP contribution in [-0.2, 0) is 0 Å². The van der Waals surface area contributed by atoms with Crippen LogP contribution in [0.1, 0.15) is 55.1 Å². The molecule has 6 heteroatoms. The topological polar surface area (TPSA) is 42.0 Å². The standard InChI is InChI=1S/C12H18Cl2N2OS/c1-2-3-4-5-6-7-8-15-12(17)10-9(13)11(14)16-18-10/h2-8H2,1H3,(H,15,17). The summed E-state index contributed by atoms with van der Waals surface area (Å²) in [5.74, 6) is -0.182. The van der Waals surface area contributed by atoms with E-state index in [9.17, 15) is 4.79 Å². The summed E-state index contributed by atoms with van der Waals surface area (Å²) < 4.78 is 3.83. The van der Waals surface area contributed by atoms with E-state index in [-0.39, 0.29) is 16.1 Å². The zero-order valence-electron chi connectivity index (χ0n) is 10.5. The molecule has 3 nitrogen and oxygen atoms in total. The van der Waals surface area contributed by atoms with Gasteiger partial charge in [0.15, 0.2) is 5.15 Å². The molecule has 0 aliphatic heterocycles. The molecule has 0 saturated heterocycles. The molecule has 0 fully saturated rings. The summed E-state index contributed by atoms with van der Waals surface area (Å²) in [4.78, 5) is 12.1. The summed E-state index contributed by atoms with van der Waals surface area (Å²) in [7, 11) is 0. The molecule has 1 aromatic rings. The van der Waals surface area contributed by atoms with Gasteiger partial charge in [-0.3, -0.25) is 4.79 Å². The highest BCUT2D eigenvalue weighted by Crippen LogP contribution is 2.28. The second-order valence-corrected chi connectivity index (χ2v) is 5.65. The Bertz CT molecular complexity index is 382. The van der Waals surface area contributed by atoms with Crippen molar-refractivity contribution in [1.82, 2.24) is 9.69 Å². The van der Waals surface area contributed by atoms with Gasteiger partial charge in [-0.05, 0) is 18.0 Å². The first-order chi connectivity index (χ1) is 8.66. The lowest BCUT2D eigenvalue weighted by atomic mass is 10.1. The summed E-state index contributed by atoms with van der Waals surface area (Å²) in [6.45, 7) is 2.88. The molecule has 0 unspecified atom stereocenters. The van der Waals surface area contributed by atoms with Gasteiger partial charge in [0.05, 0.1) is 0 Å². The van der Waals surface area contributed by atoms with E-state index in [0.29, 0.717) is 11.4 Å². The predicted molar refractivity (Wildman–Crippen MR) is 77.8 cm³/mol. The van der Waals surface area contributed by atoms with E-state index in [1.54, 1.807) is 0 Å². The monoisotopic (exact) mass is 308 g/mol. The molecule has 1 rings (SSSR count). The van der Waals surface area contributed by atoms with Crippen molar-refractivity contribution in [1.29, 1.82) is 0 Å². The highest BCUT2D eigenvalue weighted by Gasteiger charge is 2.16. The van der Waals surface area contributed by atoms with E-state index in [2.05, 4.69) is 16.6 Å². The number of hydrogen-bond acceptors (Lipinski definition) is 3. The zero-order valence-corrected chi connectivity index (χ0v) is 12.8. The first kappa shape index (κ1) is 15.7. The van der Waals surface area contributed by atoms with Gasteiger partial charge in [0, 0.05) is 6.54 Å². The Hall–Kier alpha value is -0.320. The van der Waals surface area contributed by atoms with Crippen LogP contribution in [0.2, 0.25) is 10.2 Å². The molecule has 0 saturated carbocycles. The number of carbonyl (C=O) groups excluding carboxylic acids is 1. The van der Waals surface area contributed by atoms with E-state index in [0.717, 1.165) is 24.4 Å². The Balaban J connectivity index is 2.16. The number of hydrogen-bond donors (Lipinski definition) is 1. The number of aromatic nitrogens is 1. The van der Waals surface area contributed by atoms with Crippen LogP contribution in [0.4, 0.5) is 0 Å². The molecule has 102 valence electrons. The van der Waals surface area contributed by atoms with Gasteiger partial charge in [0.1, 0.15) is 9.90 Å². The van der Waals surface area contributed by atoms with E-state index >= 15 is 0 Å². The Kier molecular flexibility index (Phi) is 7.63. The normalized spacial score (nSPS) is 10.6. The van der Waals surface area contributed by atoms with Crippen LogP contribution in [0.15, 0.2) is 0 Å². The van der Waals surface area contributed by atoms with Crippen molar-refractivity contribution >= 4 is 40.6 Å². The third kappa shape index (κ3) is 5.12. The maximum absolute atomic E-state index is 11.7. The van der Waals surface area contributed by atoms with Crippen molar-refractivity contribution in [2.45, 2.75) is 45.4 Å². The lowest BCUT2D eigenvalue weighted by Crippen LogP contribution is -2.23. The summed E-state index contributed by atoms with van der Waals surface area (Å²) in [6.07, 6.45) is 7.21. The number of halogens is 2. The number of nitrogens with one attached hydrogen (secondary N) is 1. The third-order valence-corrected chi connectivity index (χ3v) is 4.42. The summed E-state index contributed by atoms with van der Waals surface area (Å²) >= 11 is 12.6. The Morgan fingerprint density at radius 2 is 1.89 bits per heavy atom. The fourth-order valence-electron chi connectivity index (χ4n) is 1.59. The number of unbranched alkanes of at least 4 members (excludes halogenated alkanes) is 5. The quantitative estimate of drug-likeness (QED) is 0.716. The largest absolute Gasteiger partial charge is 0.351 e. The first-order valence-electron chi connectivity index (χ1n) is 6.25. The summed E-state index contributed by atoms with van der Waals surface area (Å²) in [6, 6.07) is 0. The molecule has 0 atom stereocenters. The summed E-state index contributed by atoms with van der Waals surface area (Å²) in [5, 5.41) is 3.28. The Labute approximate surface area is 122 Å². The lowest BCUT2D eigenvalue weighted by Gasteiger charge is -2.03. The highest BCUT2D eigenvalue weighted by atomic mass is 35.5. The van der Waals surface area contributed by atoms with Crippen LogP contribution in [0.5, 0.6) is 0 Å². The second kappa shape index (κ2) is 8.73. The van der Waals surface area contributed by atoms with Crippen LogP contribution in [0.25, 0.3) is 0 Å². The van der Waals surface area contributed by atoms with Gasteiger partial charge in [0.2, 0.25) is 0 Å². The van der Waals surface area contributed by atoms with Gasteiger partial charge >= 0.3 is 0 Å². The Morgan fingerprint density at radius 1 is 1.22 bits per heavy atom. The van der Waals surface area contributed by atoms with Gasteiger partial charge in [-0.2, -0.15) is 4.37 Å². The molecule has 0 aliphatic rings. The predicted octanol–water partition coefficient (Wildman–Crippen LogP) is 4.54. The fourth-order valence-corrected chi connectivity index (χ4v) is 2.72. The maximum Gasteiger partial charge on any atom is 0.264 e. The van der Waals surface area contributed by atoms with Crippen molar-refractivity contribution in [2.75, 3.05) is 6.54 Å². The maximum atomic E-state index is 11.7. The minimum absolute atomic E-state index is 0.182. The third-order valence-electron chi connectivity index (χ3n) is 2.62. The first-order valence-corrected chi connectivity index (χ1v) is 7.78. The van der Waals surface area contributed by atoms with Crippen molar-refractivity contribution in [2.24, 2.45) is 0 Å². The van der Waals surface area contributed by atoms with E-state index in [1.807, 2.05) is 0 Å². The van der Waals surface area contributed by atoms with Crippen LogP contribution < -0.4 is 5.32 Å². The van der Waals surface area contributed by atoms with Crippen LogP contribution in [-0.4, -0.2) is 16.8 Å². The molecule has 0 aromatic carbocycles. The van der Waals surface area contributed by atoms with Gasteiger partial charge in [-0.25, -0.2) is 0 Å². The SMILES string of the molecule is CCCCCCCCNC(=O)c1snc(Cl)c1Cl. The molecule has 18 heavy (non-hydrogen) atoms. The van der Waals surface area contributed by atoms with Gasteiger partial charge in [-0.15, -0.1) is 0 Å². The van der Waals surface area contributed by atoms with E-state index < -0.39 is 0 Å². The minimum Gasteiger partial charge on any atom is -0.351 e. The molecule has 0 aliphatic carbocycles. The van der Waals surface area contributed by atoms with Gasteiger partial charge in [0.25, 0.3) is 5.91 Å². The van der Waals surface area contributed by atoms with Crippen molar-refractivity contribution in [3.8, 4) is 0 Å². The van der Waals surface area contributed by atoms with Crippen LogP contribution >= 0.6 is 34.7 Å². The van der Waals surface area contributed by atoms with E-state index in [1.165, 1.54) is 25.7 Å². The number of rotatable bonds is 8. The Morgan fingerprint density at radius 3 is 2.50 bits per heavy atom. The number of carbonyl (C=O) groups is 1. The minimum atomic E-state index is -0.182. The van der Waals surface area contributed by atoms with Gasteiger partial charge in [-0.1, -0.05) is 62.2 Å². The van der Waals surface area contributed by atoms with Crippen molar-refractivity contribution in [3.05, 3.63) is 15.1 Å². The molecule has 1 aromatic heterocycles. The lowest BCUT2D eigenvalue weighted by molar-refractivity contribution is 0.0957. The summed E-state index contributed by atoms with van der Waals surface area (Å²) in [5.41, 5.74) is 0. The number of nitrogens with zero attached hydrogens (tertiary/aromatic N) is 1. The molecule has 0 spiro atoms.